The van der Waals surface area contributed by atoms with Gasteiger partial charge in [0.05, 0.1) is 16.9 Å². The van der Waals surface area contributed by atoms with Crippen molar-refractivity contribution in [1.29, 1.82) is 0 Å². The van der Waals surface area contributed by atoms with Crippen LogP contribution in [0.2, 0.25) is 0 Å². The fourth-order valence-electron chi connectivity index (χ4n) is 2.86. The number of nitrogens with two attached hydrogens (primary N) is 2. The highest BCUT2D eigenvalue weighted by Crippen LogP contribution is 2.33. The molecule has 1 aromatic carbocycles. The fraction of sp³-hybridized carbons (Fsp3) is 0.438. The Morgan fingerprint density at radius 3 is 2.58 bits per heavy atom. The molecule has 1 aromatic rings. The van der Waals surface area contributed by atoms with Crippen molar-refractivity contribution in [3.05, 3.63) is 23.8 Å². The molecule has 24 heavy (non-hydrogen) atoms. The van der Waals surface area contributed by atoms with E-state index >= 15 is 0 Å². The number of carboxylic acid groups (broad SMARTS) is 1. The Morgan fingerprint density at radius 1 is 1.25 bits per heavy atom. The van der Waals surface area contributed by atoms with Crippen LogP contribution in [0, 0.1) is 5.41 Å². The second kappa shape index (κ2) is 6.77. The Hall–Kier alpha value is -2.77. The summed E-state index contributed by atoms with van der Waals surface area (Å²) in [5.41, 5.74) is 11.0. The summed E-state index contributed by atoms with van der Waals surface area (Å²) in [6, 6.07) is 4.68. The largest absolute Gasteiger partial charge is 0.465 e. The topological polar surface area (TPSA) is 139 Å². The van der Waals surface area contributed by atoms with Gasteiger partial charge in [-0.2, -0.15) is 0 Å². The number of hydrogen-bond donors (Lipinski definition) is 4. The molecule has 0 aliphatic carbocycles. The van der Waals surface area contributed by atoms with Crippen molar-refractivity contribution in [2.75, 3.05) is 24.1 Å². The molecule has 1 unspecified atom stereocenters. The van der Waals surface area contributed by atoms with E-state index < -0.39 is 17.4 Å². The van der Waals surface area contributed by atoms with Crippen LogP contribution in [-0.4, -0.2) is 41.0 Å². The molecular formula is C16H22N4O4. The molecule has 1 heterocycles. The Morgan fingerprint density at radius 2 is 1.96 bits per heavy atom. The van der Waals surface area contributed by atoms with Gasteiger partial charge in [-0.15, -0.1) is 0 Å². The normalized spacial score (nSPS) is 21.0. The van der Waals surface area contributed by atoms with Gasteiger partial charge in [-0.25, -0.2) is 4.79 Å². The molecule has 8 nitrogen and oxygen atoms in total. The van der Waals surface area contributed by atoms with Crippen molar-refractivity contribution in [1.82, 2.24) is 4.90 Å². The van der Waals surface area contributed by atoms with E-state index in [1.54, 1.807) is 12.1 Å². The van der Waals surface area contributed by atoms with Crippen LogP contribution in [0.25, 0.3) is 0 Å². The molecule has 130 valence electrons. The zero-order valence-corrected chi connectivity index (χ0v) is 13.5. The summed E-state index contributed by atoms with van der Waals surface area (Å²) >= 11 is 0. The van der Waals surface area contributed by atoms with Gasteiger partial charge in [-0.3, -0.25) is 9.59 Å². The summed E-state index contributed by atoms with van der Waals surface area (Å²) in [6.07, 6.45) is 0.615. The molecular weight excluding hydrogens is 312 g/mol. The molecule has 1 aliphatic rings. The quantitative estimate of drug-likeness (QED) is 0.620. The average molecular weight is 334 g/mol. The first kappa shape index (κ1) is 17.6. The lowest BCUT2D eigenvalue weighted by atomic mass is 9.82. The van der Waals surface area contributed by atoms with Gasteiger partial charge in [0.2, 0.25) is 5.91 Å². The number of hydrogen-bond acceptors (Lipinski definition) is 4. The van der Waals surface area contributed by atoms with Crippen LogP contribution >= 0.6 is 0 Å². The van der Waals surface area contributed by atoms with E-state index in [4.69, 9.17) is 16.6 Å². The fourth-order valence-corrected chi connectivity index (χ4v) is 2.86. The van der Waals surface area contributed by atoms with Gasteiger partial charge in [-0.05, 0) is 31.4 Å². The van der Waals surface area contributed by atoms with E-state index in [1.165, 1.54) is 11.0 Å². The molecule has 1 atom stereocenters. The third-order valence-corrected chi connectivity index (χ3v) is 4.53. The van der Waals surface area contributed by atoms with Crippen molar-refractivity contribution < 1.29 is 19.5 Å². The molecule has 0 spiro atoms. The van der Waals surface area contributed by atoms with Crippen LogP contribution in [-0.2, 0) is 4.79 Å². The predicted molar refractivity (Wildman–Crippen MR) is 89.6 cm³/mol. The van der Waals surface area contributed by atoms with Crippen molar-refractivity contribution >= 4 is 29.3 Å². The van der Waals surface area contributed by atoms with Crippen molar-refractivity contribution in [3.8, 4) is 0 Å². The van der Waals surface area contributed by atoms with Gasteiger partial charge in [0.1, 0.15) is 0 Å². The van der Waals surface area contributed by atoms with Crippen LogP contribution in [0.5, 0.6) is 0 Å². The number of likely N-dealkylation sites (tertiary alicyclic amines) is 1. The SMILES string of the molecule is CC1(C(=O)Nc2cccc(C(N)=O)c2N)CCCN(C(=O)O)CC1. The van der Waals surface area contributed by atoms with Crippen LogP contribution in [0.15, 0.2) is 18.2 Å². The third-order valence-electron chi connectivity index (χ3n) is 4.53. The van der Waals surface area contributed by atoms with E-state index in [0.717, 1.165) is 0 Å². The monoisotopic (exact) mass is 334 g/mol. The number of nitrogens with one attached hydrogen (secondary N) is 1. The third kappa shape index (κ3) is 3.58. The maximum atomic E-state index is 12.7. The molecule has 0 saturated carbocycles. The number of carbonyl (C=O) groups excluding carboxylic acids is 2. The van der Waals surface area contributed by atoms with Gasteiger partial charge in [0.25, 0.3) is 5.91 Å². The molecule has 3 amide bonds. The van der Waals surface area contributed by atoms with Crippen LogP contribution in [0.4, 0.5) is 16.2 Å². The number of rotatable bonds is 3. The first-order valence-electron chi connectivity index (χ1n) is 7.72. The second-order valence-electron chi connectivity index (χ2n) is 6.27. The minimum atomic E-state index is -0.974. The molecule has 8 heteroatoms. The Labute approximate surface area is 139 Å². The summed E-state index contributed by atoms with van der Waals surface area (Å²) in [7, 11) is 0. The molecule has 1 saturated heterocycles. The zero-order chi connectivity index (χ0) is 17.9. The van der Waals surface area contributed by atoms with Gasteiger partial charge < -0.3 is 26.8 Å². The van der Waals surface area contributed by atoms with E-state index in [9.17, 15) is 14.4 Å². The van der Waals surface area contributed by atoms with Crippen LogP contribution in [0.1, 0.15) is 36.5 Å². The minimum Gasteiger partial charge on any atom is -0.465 e. The maximum absolute atomic E-state index is 12.7. The summed E-state index contributed by atoms with van der Waals surface area (Å²) in [5.74, 6) is -0.913. The van der Waals surface area contributed by atoms with Gasteiger partial charge in [-0.1, -0.05) is 13.0 Å². The maximum Gasteiger partial charge on any atom is 0.407 e. The number of nitrogen functional groups attached to an aromatic ring is 1. The Kier molecular flexibility index (Phi) is 4.96. The molecule has 1 aliphatic heterocycles. The number of carbonyl (C=O) groups is 3. The Bertz CT molecular complexity index is 676. The molecule has 1 fully saturated rings. The lowest BCUT2D eigenvalue weighted by molar-refractivity contribution is -0.125. The van der Waals surface area contributed by atoms with Gasteiger partial charge >= 0.3 is 6.09 Å². The smallest absolute Gasteiger partial charge is 0.407 e. The number of nitrogens with zero attached hydrogens (tertiary/aromatic N) is 1. The summed E-state index contributed by atoms with van der Waals surface area (Å²) in [5, 5.41) is 11.8. The second-order valence-corrected chi connectivity index (χ2v) is 6.27. The lowest BCUT2D eigenvalue weighted by Crippen LogP contribution is -2.36. The van der Waals surface area contributed by atoms with Crippen LogP contribution < -0.4 is 16.8 Å². The predicted octanol–water partition coefficient (Wildman–Crippen LogP) is 1.48. The standard InChI is InChI=1S/C16H22N4O4/c1-16(6-3-8-20(9-7-16)15(23)24)14(22)19-11-5-2-4-10(12(11)17)13(18)21/h2,4-5H,3,6-9,17H2,1H3,(H2,18,21)(H,19,22)(H,23,24). The zero-order valence-electron chi connectivity index (χ0n) is 13.5. The number of para-hydroxylation sites is 1. The highest BCUT2D eigenvalue weighted by Gasteiger charge is 2.36. The highest BCUT2D eigenvalue weighted by molar-refractivity contribution is 6.04. The Balaban J connectivity index is 2.16. The number of benzene rings is 1. The summed E-state index contributed by atoms with van der Waals surface area (Å²) in [6.45, 7) is 2.52. The average Bonchev–Trinajstić information content (AvgIpc) is 2.72. The van der Waals surface area contributed by atoms with E-state index in [1.807, 2.05) is 6.92 Å². The van der Waals surface area contributed by atoms with Crippen molar-refractivity contribution in [2.45, 2.75) is 26.2 Å². The van der Waals surface area contributed by atoms with E-state index in [-0.39, 0.29) is 17.2 Å². The van der Waals surface area contributed by atoms with Crippen molar-refractivity contribution in [3.63, 3.8) is 0 Å². The first-order valence-corrected chi connectivity index (χ1v) is 7.72. The summed E-state index contributed by atoms with van der Waals surface area (Å²) in [4.78, 5) is 36.5. The molecule has 0 radical (unpaired) electrons. The first-order chi connectivity index (χ1) is 11.2. The molecule has 0 bridgehead atoms. The van der Waals surface area contributed by atoms with Gasteiger partial charge in [0.15, 0.2) is 0 Å². The molecule has 2 rings (SSSR count). The molecule has 0 aromatic heterocycles. The number of primary amides is 1. The van der Waals surface area contributed by atoms with Gasteiger partial charge in [0, 0.05) is 18.5 Å². The van der Waals surface area contributed by atoms with Crippen molar-refractivity contribution in [2.24, 2.45) is 11.1 Å². The van der Waals surface area contributed by atoms with E-state index in [2.05, 4.69) is 5.32 Å². The summed E-state index contributed by atoms with van der Waals surface area (Å²) < 4.78 is 0. The number of anilines is 2. The molecule has 6 N–H and O–H groups in total. The minimum absolute atomic E-state index is 0.128. The highest BCUT2D eigenvalue weighted by atomic mass is 16.4. The van der Waals surface area contributed by atoms with E-state index in [0.29, 0.717) is 38.0 Å². The number of amides is 3. The lowest BCUT2D eigenvalue weighted by Gasteiger charge is -2.27. The van der Waals surface area contributed by atoms with Crippen LogP contribution in [0.3, 0.4) is 0 Å².